The summed E-state index contributed by atoms with van der Waals surface area (Å²) in [6, 6.07) is 25.6. The van der Waals surface area contributed by atoms with Crippen LogP contribution in [0, 0.1) is 0 Å². The fourth-order valence-corrected chi connectivity index (χ4v) is 4.21. The number of hydrogen-bond donors (Lipinski definition) is 2. The van der Waals surface area contributed by atoms with Crippen molar-refractivity contribution < 1.29 is 19.1 Å². The lowest BCUT2D eigenvalue weighted by molar-refractivity contribution is -0.132. The second-order valence-corrected chi connectivity index (χ2v) is 8.55. The topological polar surface area (TPSA) is 102 Å². The summed E-state index contributed by atoms with van der Waals surface area (Å²) in [7, 11) is 0. The van der Waals surface area contributed by atoms with Crippen LogP contribution < -0.4 is 15.6 Å². The van der Waals surface area contributed by atoms with Gasteiger partial charge in [0.05, 0.1) is 23.0 Å². The van der Waals surface area contributed by atoms with Gasteiger partial charge < -0.3 is 4.74 Å². The first-order chi connectivity index (χ1) is 18.0. The van der Waals surface area contributed by atoms with Gasteiger partial charge in [-0.2, -0.15) is 5.10 Å². The number of esters is 1. The largest absolute Gasteiger partial charge is 0.426 e. The Bertz CT molecular complexity index is 1490. The molecule has 1 amide bonds. The van der Waals surface area contributed by atoms with Gasteiger partial charge in [-0.15, -0.1) is 0 Å². The smallest absolute Gasteiger partial charge is 0.308 e. The molecule has 1 fully saturated rings. The average Bonchev–Trinajstić information content (AvgIpc) is 3.31. The van der Waals surface area contributed by atoms with Crippen LogP contribution in [0.15, 0.2) is 96.7 Å². The fourth-order valence-electron chi connectivity index (χ4n) is 4.21. The van der Waals surface area contributed by atoms with E-state index in [0.29, 0.717) is 11.3 Å². The number of carbonyl (C=O) groups excluding carboxylic acids is 3. The summed E-state index contributed by atoms with van der Waals surface area (Å²) < 4.78 is 7.00. The standard InChI is InChI=1S/C29H24N4O4/c1-19(34)37-27-15-9-8-12-21(27)16-23-26(35)17-25(30-31-29(23)36)24-18-33(22-13-6-3-7-14-22)32-28(24)20-10-4-2-5-11-20/h2-16,18,25,30H,17H2,1H3,(H,31,36). The van der Waals surface area contributed by atoms with Crippen LogP contribution >= 0.6 is 0 Å². The van der Waals surface area contributed by atoms with Gasteiger partial charge in [0.1, 0.15) is 5.75 Å². The van der Waals surface area contributed by atoms with E-state index in [2.05, 4.69) is 10.9 Å². The SMILES string of the molecule is CC(=O)Oc1ccccc1C=C1C(=O)CC(c2cn(-c3ccccc3)nc2-c2ccccc2)NNC1=O. The zero-order valence-electron chi connectivity index (χ0n) is 20.0. The van der Waals surface area contributed by atoms with E-state index >= 15 is 0 Å². The van der Waals surface area contributed by atoms with Gasteiger partial charge in [-0.05, 0) is 24.3 Å². The number of Topliss-reactive ketones (excluding diaryl/α,β-unsaturated/α-hetero) is 1. The quantitative estimate of drug-likeness (QED) is 0.188. The van der Waals surface area contributed by atoms with E-state index in [9.17, 15) is 14.4 Å². The maximum Gasteiger partial charge on any atom is 0.308 e. The van der Waals surface area contributed by atoms with Crippen LogP contribution in [0.3, 0.4) is 0 Å². The van der Waals surface area contributed by atoms with Gasteiger partial charge >= 0.3 is 5.97 Å². The highest BCUT2D eigenvalue weighted by Crippen LogP contribution is 2.32. The molecule has 184 valence electrons. The van der Waals surface area contributed by atoms with Crippen molar-refractivity contribution in [2.75, 3.05) is 0 Å². The van der Waals surface area contributed by atoms with Crippen LogP contribution in [0.1, 0.15) is 30.5 Å². The normalized spacial score (nSPS) is 16.8. The Kier molecular flexibility index (Phi) is 6.74. The Morgan fingerprint density at radius 1 is 0.973 bits per heavy atom. The summed E-state index contributed by atoms with van der Waals surface area (Å²) in [6.45, 7) is 1.29. The summed E-state index contributed by atoms with van der Waals surface area (Å²) in [5.41, 5.74) is 9.33. The molecule has 2 heterocycles. The molecule has 1 atom stereocenters. The molecule has 0 saturated carbocycles. The second-order valence-electron chi connectivity index (χ2n) is 8.55. The first kappa shape index (κ1) is 23.9. The number of hydrazine groups is 1. The number of amides is 1. The van der Waals surface area contributed by atoms with Crippen LogP contribution in [0.2, 0.25) is 0 Å². The molecule has 1 unspecified atom stereocenters. The zero-order chi connectivity index (χ0) is 25.8. The summed E-state index contributed by atoms with van der Waals surface area (Å²) in [5, 5.41) is 4.82. The second kappa shape index (κ2) is 10.4. The van der Waals surface area contributed by atoms with Gasteiger partial charge in [-0.1, -0.05) is 66.7 Å². The average molecular weight is 493 g/mol. The summed E-state index contributed by atoms with van der Waals surface area (Å²) in [6.07, 6.45) is 3.34. The molecule has 8 heteroatoms. The van der Waals surface area contributed by atoms with Gasteiger partial charge in [-0.3, -0.25) is 19.8 Å². The van der Waals surface area contributed by atoms with E-state index in [4.69, 9.17) is 9.84 Å². The lowest BCUT2D eigenvalue weighted by Crippen LogP contribution is -2.38. The van der Waals surface area contributed by atoms with Crippen LogP contribution in [0.5, 0.6) is 5.75 Å². The van der Waals surface area contributed by atoms with E-state index in [1.54, 1.807) is 28.9 Å². The van der Waals surface area contributed by atoms with E-state index < -0.39 is 17.9 Å². The van der Waals surface area contributed by atoms with E-state index in [0.717, 1.165) is 16.8 Å². The van der Waals surface area contributed by atoms with Gasteiger partial charge in [0.25, 0.3) is 5.91 Å². The van der Waals surface area contributed by atoms with Crippen LogP contribution in [0.25, 0.3) is 23.0 Å². The number of aromatic nitrogens is 2. The summed E-state index contributed by atoms with van der Waals surface area (Å²) >= 11 is 0. The highest BCUT2D eigenvalue weighted by molar-refractivity contribution is 6.23. The van der Waals surface area contributed by atoms with Crippen molar-refractivity contribution in [3.05, 3.63) is 108 Å². The zero-order valence-corrected chi connectivity index (χ0v) is 20.0. The maximum atomic E-state index is 13.4. The third kappa shape index (κ3) is 5.24. The molecular weight excluding hydrogens is 468 g/mol. The minimum atomic E-state index is -0.568. The van der Waals surface area contributed by atoms with E-state index in [1.165, 1.54) is 13.0 Å². The Hall–Kier alpha value is -4.82. The number of ketones is 1. The number of ether oxygens (including phenoxy) is 1. The molecule has 0 aliphatic carbocycles. The van der Waals surface area contributed by atoms with Crippen molar-refractivity contribution in [3.63, 3.8) is 0 Å². The first-order valence-corrected chi connectivity index (χ1v) is 11.8. The number of carbonyl (C=O) groups is 3. The molecule has 37 heavy (non-hydrogen) atoms. The summed E-state index contributed by atoms with van der Waals surface area (Å²) in [5.74, 6) is -1.14. The Morgan fingerprint density at radius 2 is 1.65 bits per heavy atom. The number of hydrogen-bond acceptors (Lipinski definition) is 6. The van der Waals surface area contributed by atoms with Gasteiger partial charge in [0, 0.05) is 36.2 Å². The number of nitrogens with zero attached hydrogens (tertiary/aromatic N) is 2. The predicted octanol–water partition coefficient (Wildman–Crippen LogP) is 4.18. The molecule has 3 aromatic carbocycles. The lowest BCUT2D eigenvalue weighted by atomic mass is 9.96. The van der Waals surface area contributed by atoms with Crippen LogP contribution in [-0.4, -0.2) is 27.4 Å². The molecule has 1 saturated heterocycles. The number of nitrogens with one attached hydrogen (secondary N) is 2. The molecule has 0 spiro atoms. The van der Waals surface area contributed by atoms with Crippen molar-refractivity contribution in [3.8, 4) is 22.7 Å². The van der Waals surface area contributed by atoms with Crippen molar-refractivity contribution in [1.29, 1.82) is 0 Å². The molecule has 0 bridgehead atoms. The summed E-state index contributed by atoms with van der Waals surface area (Å²) in [4.78, 5) is 37.8. The van der Waals surface area contributed by atoms with Crippen molar-refractivity contribution in [2.24, 2.45) is 0 Å². The molecular formula is C29H24N4O4. The number of rotatable bonds is 5. The lowest BCUT2D eigenvalue weighted by Gasteiger charge is -2.15. The van der Waals surface area contributed by atoms with Crippen LogP contribution in [0.4, 0.5) is 0 Å². The molecule has 4 aromatic rings. The highest BCUT2D eigenvalue weighted by atomic mass is 16.5. The Balaban J connectivity index is 1.52. The third-order valence-electron chi connectivity index (χ3n) is 5.95. The van der Waals surface area contributed by atoms with Crippen molar-refractivity contribution >= 4 is 23.7 Å². The monoisotopic (exact) mass is 492 g/mol. The minimum absolute atomic E-state index is 0.0145. The molecule has 2 N–H and O–H groups in total. The molecule has 1 aliphatic rings. The third-order valence-corrected chi connectivity index (χ3v) is 5.95. The van der Waals surface area contributed by atoms with Crippen molar-refractivity contribution in [1.82, 2.24) is 20.6 Å². The predicted molar refractivity (Wildman–Crippen MR) is 138 cm³/mol. The Morgan fingerprint density at radius 3 is 2.38 bits per heavy atom. The van der Waals surface area contributed by atoms with Crippen LogP contribution in [-0.2, 0) is 14.4 Å². The van der Waals surface area contributed by atoms with Gasteiger partial charge in [0.15, 0.2) is 5.78 Å². The molecule has 1 aromatic heterocycles. The molecule has 8 nitrogen and oxygen atoms in total. The molecule has 0 radical (unpaired) electrons. The molecule has 5 rings (SSSR count). The minimum Gasteiger partial charge on any atom is -0.426 e. The van der Waals surface area contributed by atoms with Gasteiger partial charge in [0.2, 0.25) is 0 Å². The fraction of sp³-hybridized carbons (Fsp3) is 0.103. The number of para-hydroxylation sites is 2. The van der Waals surface area contributed by atoms with Crippen molar-refractivity contribution in [2.45, 2.75) is 19.4 Å². The van der Waals surface area contributed by atoms with E-state index in [1.807, 2.05) is 66.9 Å². The molecule has 1 aliphatic heterocycles. The van der Waals surface area contributed by atoms with E-state index in [-0.39, 0.29) is 23.5 Å². The highest BCUT2D eigenvalue weighted by Gasteiger charge is 2.31. The maximum absolute atomic E-state index is 13.4. The Labute approximate surface area is 213 Å². The van der Waals surface area contributed by atoms with Gasteiger partial charge in [-0.25, -0.2) is 10.1 Å². The number of benzene rings is 3. The first-order valence-electron chi connectivity index (χ1n) is 11.8.